The molecule has 0 amide bonds. The lowest BCUT2D eigenvalue weighted by molar-refractivity contribution is -0.0669. The highest BCUT2D eigenvalue weighted by Gasteiger charge is 2.22. The van der Waals surface area contributed by atoms with Crippen LogP contribution >= 0.6 is 0 Å². The summed E-state index contributed by atoms with van der Waals surface area (Å²) in [4.78, 5) is 0. The van der Waals surface area contributed by atoms with Gasteiger partial charge in [-0.15, -0.1) is 0 Å². The highest BCUT2D eigenvalue weighted by molar-refractivity contribution is 4.72. The summed E-state index contributed by atoms with van der Waals surface area (Å²) in [6.45, 7) is 6.59. The summed E-state index contributed by atoms with van der Waals surface area (Å²) in [6, 6.07) is 0. The molecule has 2 aliphatic heterocycles. The minimum absolute atomic E-state index is 0.452. The number of rotatable bonds is 42. The number of unbranched alkanes of at least 4 members (excludes halogenated alkanes) is 28. The Morgan fingerprint density at radius 3 is 0.824 bits per heavy atom. The molecule has 0 aliphatic carbocycles. The van der Waals surface area contributed by atoms with Gasteiger partial charge in [0.15, 0.2) is 0 Å². The molecule has 0 aromatic heterocycles. The van der Waals surface area contributed by atoms with Crippen LogP contribution in [-0.2, 0) is 14.2 Å². The summed E-state index contributed by atoms with van der Waals surface area (Å²) in [6.07, 6.45) is 57.7. The molecule has 2 fully saturated rings. The fraction of sp³-hybridized carbons (Fsp3) is 1.00. The van der Waals surface area contributed by atoms with Gasteiger partial charge in [0.1, 0.15) is 0 Å². The number of ether oxygens (including phenoxy) is 3. The van der Waals surface area contributed by atoms with Gasteiger partial charge in [0.25, 0.3) is 0 Å². The summed E-state index contributed by atoms with van der Waals surface area (Å²) in [5.74, 6) is 0. The normalized spacial score (nSPS) is 18.5. The first kappa shape index (κ1) is 47.0. The van der Waals surface area contributed by atoms with E-state index < -0.39 is 0 Å². The maximum Gasteiger partial charge on any atom is 0.0597 e. The zero-order valence-corrected chi connectivity index (χ0v) is 35.2. The van der Waals surface area contributed by atoms with Gasteiger partial charge >= 0.3 is 0 Å². The zero-order valence-electron chi connectivity index (χ0n) is 35.2. The molecule has 2 aliphatic rings. The molecule has 0 saturated carbocycles. The first-order chi connectivity index (χ1) is 25.3. The Morgan fingerprint density at radius 1 is 0.353 bits per heavy atom. The van der Waals surface area contributed by atoms with E-state index in [0.29, 0.717) is 24.4 Å². The lowest BCUT2D eigenvalue weighted by Gasteiger charge is -2.30. The maximum absolute atomic E-state index is 7.07. The van der Waals surface area contributed by atoms with Crippen molar-refractivity contribution < 1.29 is 14.2 Å². The van der Waals surface area contributed by atoms with E-state index in [1.807, 2.05) is 0 Å². The van der Waals surface area contributed by atoms with Crippen LogP contribution in [0.15, 0.2) is 0 Å². The van der Waals surface area contributed by atoms with Gasteiger partial charge in [-0.25, -0.2) is 0 Å². The van der Waals surface area contributed by atoms with Crippen molar-refractivity contribution in [3.05, 3.63) is 0 Å². The Bertz CT molecular complexity index is 617. The van der Waals surface area contributed by atoms with E-state index in [1.54, 1.807) is 0 Å². The van der Waals surface area contributed by atoms with Crippen molar-refractivity contribution in [3.63, 3.8) is 0 Å². The average molecular weight is 719 g/mol. The van der Waals surface area contributed by atoms with E-state index in [2.05, 4.69) is 13.8 Å². The van der Waals surface area contributed by atoms with E-state index in [0.717, 1.165) is 13.2 Å². The van der Waals surface area contributed by atoms with Crippen molar-refractivity contribution in [2.75, 3.05) is 13.2 Å². The quantitative estimate of drug-likeness (QED) is 0.0588. The van der Waals surface area contributed by atoms with Crippen LogP contribution in [0, 0.1) is 0 Å². The van der Waals surface area contributed by atoms with Crippen LogP contribution in [0.4, 0.5) is 0 Å². The van der Waals surface area contributed by atoms with Gasteiger partial charge in [0.05, 0.1) is 24.4 Å². The molecule has 304 valence electrons. The molecular formula is C48H94O3. The molecule has 4 unspecified atom stereocenters. The van der Waals surface area contributed by atoms with Gasteiger partial charge in [-0.05, 0) is 64.2 Å². The van der Waals surface area contributed by atoms with Crippen LogP contribution in [-0.4, -0.2) is 37.6 Å². The molecule has 0 spiro atoms. The zero-order chi connectivity index (χ0) is 36.1. The van der Waals surface area contributed by atoms with E-state index >= 15 is 0 Å². The van der Waals surface area contributed by atoms with Gasteiger partial charge in [-0.3, -0.25) is 0 Å². The predicted octanol–water partition coefficient (Wildman–Crippen LogP) is 16.2. The second kappa shape index (κ2) is 36.8. The summed E-state index contributed by atoms with van der Waals surface area (Å²) in [7, 11) is 0. The van der Waals surface area contributed by atoms with Gasteiger partial charge in [0, 0.05) is 13.2 Å². The molecule has 0 N–H and O–H groups in total. The molecule has 0 aromatic rings. The Balaban J connectivity index is 1.58. The molecule has 4 atom stereocenters. The highest BCUT2D eigenvalue weighted by atomic mass is 16.5. The van der Waals surface area contributed by atoms with E-state index in [9.17, 15) is 0 Å². The minimum Gasteiger partial charge on any atom is -0.378 e. The Kier molecular flexibility index (Phi) is 34.0. The summed E-state index contributed by atoms with van der Waals surface area (Å²) in [5, 5.41) is 0. The lowest BCUT2D eigenvalue weighted by atomic mass is 9.98. The van der Waals surface area contributed by atoms with Gasteiger partial charge in [0.2, 0.25) is 0 Å². The average Bonchev–Trinajstić information content (AvgIpc) is 3.09. The third-order valence-corrected chi connectivity index (χ3v) is 12.3. The largest absolute Gasteiger partial charge is 0.378 e. The maximum atomic E-state index is 7.07. The fourth-order valence-corrected chi connectivity index (χ4v) is 8.49. The van der Waals surface area contributed by atoms with E-state index in [1.165, 1.54) is 257 Å². The van der Waals surface area contributed by atoms with Crippen LogP contribution in [0.25, 0.3) is 0 Å². The SMILES string of the molecule is CCCCCCCCCCCCCCCCCC(CCCC1CCO1)OC(CCCCCCCCCCCCCCCCC)CCCC1CCO1. The molecular weight excluding hydrogens is 625 g/mol. The van der Waals surface area contributed by atoms with Crippen LogP contribution in [0.2, 0.25) is 0 Å². The molecule has 0 bridgehead atoms. The second-order valence-corrected chi connectivity index (χ2v) is 17.3. The van der Waals surface area contributed by atoms with Gasteiger partial charge < -0.3 is 14.2 Å². The number of hydrogen-bond acceptors (Lipinski definition) is 3. The molecule has 3 heteroatoms. The van der Waals surface area contributed by atoms with Crippen LogP contribution in [0.5, 0.6) is 0 Å². The van der Waals surface area contributed by atoms with Crippen molar-refractivity contribution >= 4 is 0 Å². The van der Waals surface area contributed by atoms with Gasteiger partial charge in [-0.2, -0.15) is 0 Å². The minimum atomic E-state index is 0.452. The van der Waals surface area contributed by atoms with Crippen molar-refractivity contribution in [1.82, 2.24) is 0 Å². The standard InChI is InChI=1S/C48H94O3/c1-3-5-7-9-11-13-15-17-19-21-23-25-27-29-31-35-47(39-33-37-45-41-43-49-45)51-48(40-34-38-46-42-44-50-46)36-32-30-28-26-24-22-20-18-16-14-12-10-8-6-4-2/h45-48H,3-44H2,1-2H3. The molecule has 3 nitrogen and oxygen atoms in total. The molecule has 0 radical (unpaired) electrons. The molecule has 2 rings (SSSR count). The monoisotopic (exact) mass is 719 g/mol. The van der Waals surface area contributed by atoms with Gasteiger partial charge in [-0.1, -0.05) is 206 Å². The molecule has 2 saturated heterocycles. The van der Waals surface area contributed by atoms with E-state index in [4.69, 9.17) is 14.2 Å². The van der Waals surface area contributed by atoms with Crippen molar-refractivity contribution in [2.24, 2.45) is 0 Å². The first-order valence-corrected chi connectivity index (χ1v) is 24.2. The molecule has 0 aromatic carbocycles. The van der Waals surface area contributed by atoms with Crippen molar-refractivity contribution in [1.29, 1.82) is 0 Å². The lowest BCUT2D eigenvalue weighted by Crippen LogP contribution is -2.28. The van der Waals surface area contributed by atoms with Crippen molar-refractivity contribution in [3.8, 4) is 0 Å². The van der Waals surface area contributed by atoms with Crippen molar-refractivity contribution in [2.45, 2.75) is 295 Å². The Labute approximate surface area is 321 Å². The molecule has 51 heavy (non-hydrogen) atoms. The van der Waals surface area contributed by atoms with E-state index in [-0.39, 0.29) is 0 Å². The smallest absolute Gasteiger partial charge is 0.0597 e. The Morgan fingerprint density at radius 2 is 0.588 bits per heavy atom. The van der Waals surface area contributed by atoms with Crippen LogP contribution in [0.3, 0.4) is 0 Å². The summed E-state index contributed by atoms with van der Waals surface area (Å²) >= 11 is 0. The third-order valence-electron chi connectivity index (χ3n) is 12.3. The summed E-state index contributed by atoms with van der Waals surface area (Å²) < 4.78 is 18.6. The highest BCUT2D eigenvalue weighted by Crippen LogP contribution is 2.26. The summed E-state index contributed by atoms with van der Waals surface area (Å²) in [5.41, 5.74) is 0. The number of hydrogen-bond donors (Lipinski definition) is 0. The predicted molar refractivity (Wildman–Crippen MR) is 224 cm³/mol. The first-order valence-electron chi connectivity index (χ1n) is 24.2. The molecule has 2 heterocycles. The Hall–Kier alpha value is -0.120. The third kappa shape index (κ3) is 29.9. The second-order valence-electron chi connectivity index (χ2n) is 17.3. The topological polar surface area (TPSA) is 27.7 Å². The van der Waals surface area contributed by atoms with Crippen LogP contribution in [0.1, 0.15) is 271 Å². The fourth-order valence-electron chi connectivity index (χ4n) is 8.49. The van der Waals surface area contributed by atoms with Crippen LogP contribution < -0.4 is 0 Å².